The summed E-state index contributed by atoms with van der Waals surface area (Å²) < 4.78 is 38.3. The Hall–Kier alpha value is -4.92. The summed E-state index contributed by atoms with van der Waals surface area (Å²) in [5, 5.41) is 16.0. The third-order valence-electron chi connectivity index (χ3n) is 7.06. The van der Waals surface area contributed by atoms with Crippen LogP contribution in [-0.4, -0.2) is 72.7 Å². The Bertz CT molecular complexity index is 1730. The lowest BCUT2D eigenvalue weighted by Gasteiger charge is -2.26. The van der Waals surface area contributed by atoms with E-state index in [0.717, 1.165) is 39.3 Å². The number of nitrogens with one attached hydrogen (secondary N) is 1. The molecule has 2 heterocycles. The van der Waals surface area contributed by atoms with Gasteiger partial charge in [0.15, 0.2) is 28.2 Å². The monoisotopic (exact) mass is 634 g/mol. The van der Waals surface area contributed by atoms with Crippen molar-refractivity contribution in [3.05, 3.63) is 82.3 Å². The Morgan fingerprint density at radius 1 is 1.13 bits per heavy atom. The van der Waals surface area contributed by atoms with E-state index < -0.39 is 10.7 Å². The van der Waals surface area contributed by atoms with Crippen LogP contribution in [-0.2, 0) is 4.74 Å². The van der Waals surface area contributed by atoms with E-state index in [-0.39, 0.29) is 22.1 Å². The Morgan fingerprint density at radius 3 is 2.64 bits per heavy atom. The second-order valence-corrected chi connectivity index (χ2v) is 10.4. The van der Waals surface area contributed by atoms with Crippen molar-refractivity contribution >= 4 is 40.1 Å². The molecule has 0 spiro atoms. The van der Waals surface area contributed by atoms with Gasteiger partial charge >= 0.3 is 0 Å². The molecule has 5 rings (SSSR count). The molecule has 45 heavy (non-hydrogen) atoms. The number of nitrogens with zero attached hydrogens (tertiary/aromatic N) is 4. The highest BCUT2D eigenvalue weighted by molar-refractivity contribution is 7.80. The van der Waals surface area contributed by atoms with Crippen molar-refractivity contribution in [1.82, 2.24) is 15.3 Å². The first kappa shape index (κ1) is 31.5. The van der Waals surface area contributed by atoms with Crippen LogP contribution in [0.2, 0.25) is 0 Å². The second kappa shape index (κ2) is 14.7. The number of nitro groups is 1. The minimum Gasteiger partial charge on any atom is -0.493 e. The van der Waals surface area contributed by atoms with Gasteiger partial charge in [-0.1, -0.05) is 12.1 Å². The second-order valence-electron chi connectivity index (χ2n) is 10.00. The summed E-state index contributed by atoms with van der Waals surface area (Å²) in [7, 11) is 1.55. The summed E-state index contributed by atoms with van der Waals surface area (Å²) in [6, 6.07) is 14.0. The number of nitrogens with two attached hydrogens (primary N) is 1. The van der Waals surface area contributed by atoms with E-state index in [1.807, 2.05) is 0 Å². The lowest BCUT2D eigenvalue weighted by molar-refractivity contribution is -0.384. The predicted octanol–water partition coefficient (Wildman–Crippen LogP) is 5.02. The van der Waals surface area contributed by atoms with E-state index in [2.05, 4.69) is 32.6 Å². The molecular weight excluding hydrogens is 603 g/mol. The van der Waals surface area contributed by atoms with E-state index in [1.54, 1.807) is 43.6 Å². The number of fused-ring (bicyclic) bond motifs is 1. The van der Waals surface area contributed by atoms with Gasteiger partial charge in [-0.2, -0.15) is 5.10 Å². The SMILES string of the molecule is COc1cc2c(Oc3ccc(-c4ccc(C=NNC(N)=S)c([N+](=O)[O-])c4)cc3F)ccnc2cc1OCCCN1CCOCC1. The van der Waals surface area contributed by atoms with Gasteiger partial charge in [-0.3, -0.25) is 25.4 Å². The summed E-state index contributed by atoms with van der Waals surface area (Å²) >= 11 is 4.67. The van der Waals surface area contributed by atoms with E-state index in [4.69, 9.17) is 24.7 Å². The number of methoxy groups -OCH3 is 1. The molecule has 3 aromatic carbocycles. The highest BCUT2D eigenvalue weighted by Gasteiger charge is 2.17. The van der Waals surface area contributed by atoms with E-state index in [9.17, 15) is 10.1 Å². The van der Waals surface area contributed by atoms with Crippen LogP contribution in [0.4, 0.5) is 10.1 Å². The molecule has 0 amide bonds. The number of ether oxygens (including phenoxy) is 4. The molecule has 1 fully saturated rings. The minimum absolute atomic E-state index is 0.0317. The van der Waals surface area contributed by atoms with E-state index >= 15 is 4.39 Å². The average Bonchev–Trinajstić information content (AvgIpc) is 3.04. The Morgan fingerprint density at radius 2 is 1.91 bits per heavy atom. The van der Waals surface area contributed by atoms with Gasteiger partial charge in [0, 0.05) is 43.4 Å². The number of pyridine rings is 1. The number of morpholine rings is 1. The van der Waals surface area contributed by atoms with Crippen molar-refractivity contribution in [2.75, 3.05) is 46.6 Å². The average molecular weight is 635 g/mol. The molecule has 1 aliphatic rings. The molecule has 0 bridgehead atoms. The summed E-state index contributed by atoms with van der Waals surface area (Å²) in [5.74, 6) is 0.736. The van der Waals surface area contributed by atoms with Gasteiger partial charge in [0.05, 0.1) is 49.1 Å². The minimum atomic E-state index is -0.654. The maximum Gasteiger partial charge on any atom is 0.278 e. The van der Waals surface area contributed by atoms with Crippen LogP contribution in [0.15, 0.2) is 65.9 Å². The van der Waals surface area contributed by atoms with Crippen molar-refractivity contribution in [2.45, 2.75) is 6.42 Å². The zero-order valence-corrected chi connectivity index (χ0v) is 25.2. The number of thiocarbonyl (C=S) groups is 1. The van der Waals surface area contributed by atoms with E-state index in [1.165, 1.54) is 30.5 Å². The normalized spacial score (nSPS) is 13.6. The summed E-state index contributed by atoms with van der Waals surface area (Å²) in [4.78, 5) is 17.9. The first-order chi connectivity index (χ1) is 21.8. The van der Waals surface area contributed by atoms with Crippen LogP contribution in [0.1, 0.15) is 12.0 Å². The zero-order chi connectivity index (χ0) is 31.8. The number of rotatable bonds is 12. The summed E-state index contributed by atoms with van der Waals surface area (Å²) in [5.41, 5.74) is 9.12. The summed E-state index contributed by atoms with van der Waals surface area (Å²) in [6.07, 6.45) is 3.65. The maximum atomic E-state index is 15.3. The fourth-order valence-corrected chi connectivity index (χ4v) is 4.88. The largest absolute Gasteiger partial charge is 0.493 e. The quantitative estimate of drug-likeness (QED) is 0.0712. The van der Waals surface area contributed by atoms with Crippen LogP contribution < -0.4 is 25.4 Å². The molecule has 0 aliphatic carbocycles. The zero-order valence-electron chi connectivity index (χ0n) is 24.4. The lowest BCUT2D eigenvalue weighted by Crippen LogP contribution is -2.37. The Labute approximate surface area is 263 Å². The van der Waals surface area contributed by atoms with Gasteiger partial charge in [0.2, 0.25) is 0 Å². The van der Waals surface area contributed by atoms with Crippen LogP contribution in [0, 0.1) is 15.9 Å². The number of hydrogen-bond acceptors (Lipinski definition) is 10. The molecule has 1 aromatic heterocycles. The maximum absolute atomic E-state index is 15.3. The van der Waals surface area contributed by atoms with Crippen molar-refractivity contribution in [2.24, 2.45) is 10.8 Å². The molecule has 3 N–H and O–H groups in total. The van der Waals surface area contributed by atoms with Gasteiger partial charge in [0.1, 0.15) is 5.75 Å². The third kappa shape index (κ3) is 7.98. The van der Waals surface area contributed by atoms with Gasteiger partial charge < -0.3 is 24.7 Å². The Kier molecular flexibility index (Phi) is 10.3. The highest BCUT2D eigenvalue weighted by atomic mass is 32.1. The van der Waals surface area contributed by atoms with E-state index in [0.29, 0.717) is 45.9 Å². The Balaban J connectivity index is 1.32. The molecule has 12 nitrogen and oxygen atoms in total. The first-order valence-electron chi connectivity index (χ1n) is 14.1. The smallest absolute Gasteiger partial charge is 0.278 e. The standard InChI is InChI=1S/C31H31FN6O6S/c1-41-29-17-23-25(18-30(29)43-12-2-9-37-10-13-42-14-11-37)34-8-7-27(23)44-28-6-5-20(15-24(28)32)21-3-4-22(19-35-36-31(33)45)26(16-21)38(39)40/h3-8,15-19H,2,9-14H2,1H3,(H3,33,36,45). The highest BCUT2D eigenvalue weighted by Crippen LogP contribution is 2.38. The van der Waals surface area contributed by atoms with Gasteiger partial charge in [-0.15, -0.1) is 0 Å². The molecule has 0 atom stereocenters. The van der Waals surface area contributed by atoms with Crippen LogP contribution in [0.3, 0.4) is 0 Å². The number of halogens is 1. The van der Waals surface area contributed by atoms with Crippen molar-refractivity contribution in [3.8, 4) is 34.1 Å². The fraction of sp³-hybridized carbons (Fsp3) is 0.258. The van der Waals surface area contributed by atoms with Crippen LogP contribution in [0.5, 0.6) is 23.0 Å². The lowest BCUT2D eigenvalue weighted by atomic mass is 10.0. The molecule has 14 heteroatoms. The number of benzene rings is 3. The van der Waals surface area contributed by atoms with Gasteiger partial charge in [-0.25, -0.2) is 4.39 Å². The molecule has 234 valence electrons. The van der Waals surface area contributed by atoms with Gasteiger partial charge in [0.25, 0.3) is 5.69 Å². The van der Waals surface area contributed by atoms with Crippen molar-refractivity contribution < 1.29 is 28.3 Å². The third-order valence-corrected chi connectivity index (χ3v) is 7.15. The number of nitro benzene ring substituents is 1. The topological polar surface area (TPSA) is 147 Å². The van der Waals surface area contributed by atoms with Crippen LogP contribution >= 0.6 is 12.2 Å². The molecular formula is C31H31FN6O6S. The first-order valence-corrected chi connectivity index (χ1v) is 14.5. The fourth-order valence-electron chi connectivity index (χ4n) is 4.82. The van der Waals surface area contributed by atoms with Crippen molar-refractivity contribution in [3.63, 3.8) is 0 Å². The number of hydrogen-bond donors (Lipinski definition) is 2. The molecule has 1 saturated heterocycles. The van der Waals surface area contributed by atoms with Gasteiger partial charge in [-0.05, 0) is 60.1 Å². The van der Waals surface area contributed by atoms with Crippen LogP contribution in [0.25, 0.3) is 22.0 Å². The van der Waals surface area contributed by atoms with Crippen molar-refractivity contribution in [1.29, 1.82) is 0 Å². The molecule has 0 radical (unpaired) electrons. The molecule has 4 aromatic rings. The number of hydrazone groups is 1. The molecule has 0 unspecified atom stereocenters. The molecule has 0 saturated carbocycles. The predicted molar refractivity (Wildman–Crippen MR) is 172 cm³/mol. The summed E-state index contributed by atoms with van der Waals surface area (Å²) in [6.45, 7) is 4.77. The number of aromatic nitrogens is 1. The molecule has 1 aliphatic heterocycles.